The first-order chi connectivity index (χ1) is 15.8. The molecule has 2 aliphatic heterocycles. The summed E-state index contributed by atoms with van der Waals surface area (Å²) < 4.78 is 48.9. The molecule has 11 heteroatoms. The molecule has 0 bridgehead atoms. The Kier molecular flexibility index (Phi) is 5.53. The predicted molar refractivity (Wildman–Crippen MR) is 121 cm³/mol. The third-order valence-corrected chi connectivity index (χ3v) is 7.77. The zero-order valence-corrected chi connectivity index (χ0v) is 19.3. The maximum Gasteiger partial charge on any atom is 0.344 e. The van der Waals surface area contributed by atoms with Crippen LogP contribution in [-0.4, -0.2) is 44.1 Å². The second-order valence-corrected chi connectivity index (χ2v) is 10.8. The number of nitrogens with zero attached hydrogens (tertiary/aromatic N) is 3. The molecule has 2 aromatic heterocycles. The summed E-state index contributed by atoms with van der Waals surface area (Å²) in [6, 6.07) is 8.45. The lowest BCUT2D eigenvalue weighted by Crippen LogP contribution is -2.18. The summed E-state index contributed by atoms with van der Waals surface area (Å²) in [5.41, 5.74) is 2.90. The Morgan fingerprint density at radius 1 is 1.21 bits per heavy atom. The standard InChI is InChI=1S/C22H20FN3O5S2/c1-2-30-20(27)10-31-14-4-3-13-7-8-26(17(13)9-14)22-15-11-33(28,29)12-16(15)24-21(25-22)18-5-6-19(23)32-18/h3-6,9H,2,7-8,10-12H2,1H3. The van der Waals surface area contributed by atoms with Crippen LogP contribution in [0.5, 0.6) is 5.75 Å². The van der Waals surface area contributed by atoms with Gasteiger partial charge < -0.3 is 14.4 Å². The van der Waals surface area contributed by atoms with Crippen molar-refractivity contribution in [2.75, 3.05) is 24.7 Å². The summed E-state index contributed by atoms with van der Waals surface area (Å²) in [6.07, 6.45) is 0.738. The molecule has 0 unspecified atom stereocenters. The van der Waals surface area contributed by atoms with Gasteiger partial charge in [-0.3, -0.25) is 0 Å². The maximum absolute atomic E-state index is 13.6. The predicted octanol–water partition coefficient (Wildman–Crippen LogP) is 3.41. The smallest absolute Gasteiger partial charge is 0.344 e. The van der Waals surface area contributed by atoms with Gasteiger partial charge in [0.15, 0.2) is 27.4 Å². The molecule has 5 rings (SSSR count). The summed E-state index contributed by atoms with van der Waals surface area (Å²) in [5, 5.41) is -0.363. The number of sulfone groups is 1. The van der Waals surface area contributed by atoms with Crippen LogP contribution in [0.1, 0.15) is 23.7 Å². The first-order valence-electron chi connectivity index (χ1n) is 10.4. The molecule has 0 spiro atoms. The number of rotatable bonds is 6. The number of esters is 1. The van der Waals surface area contributed by atoms with Gasteiger partial charge in [-0.15, -0.1) is 11.3 Å². The van der Waals surface area contributed by atoms with E-state index in [1.165, 1.54) is 6.07 Å². The van der Waals surface area contributed by atoms with E-state index in [9.17, 15) is 17.6 Å². The van der Waals surface area contributed by atoms with Crippen molar-refractivity contribution >= 4 is 38.6 Å². The molecule has 0 amide bonds. The van der Waals surface area contributed by atoms with Crippen LogP contribution in [0.4, 0.5) is 15.9 Å². The van der Waals surface area contributed by atoms with Gasteiger partial charge in [0, 0.05) is 23.9 Å². The number of halogens is 1. The summed E-state index contributed by atoms with van der Waals surface area (Å²) in [4.78, 5) is 23.3. The number of anilines is 2. The minimum absolute atomic E-state index is 0.137. The van der Waals surface area contributed by atoms with Crippen LogP contribution in [0.25, 0.3) is 10.7 Å². The second-order valence-electron chi connectivity index (χ2n) is 7.72. The number of carbonyl (C=O) groups excluding carboxylic acids is 1. The Hall–Kier alpha value is -3.05. The van der Waals surface area contributed by atoms with E-state index < -0.39 is 15.8 Å². The molecule has 4 heterocycles. The van der Waals surface area contributed by atoms with E-state index in [0.29, 0.717) is 40.1 Å². The van der Waals surface area contributed by atoms with Crippen LogP contribution < -0.4 is 9.64 Å². The summed E-state index contributed by atoms with van der Waals surface area (Å²) in [7, 11) is -3.34. The lowest BCUT2D eigenvalue weighted by molar-refractivity contribution is -0.145. The molecule has 0 saturated heterocycles. The van der Waals surface area contributed by atoms with Crippen molar-refractivity contribution in [3.8, 4) is 16.5 Å². The van der Waals surface area contributed by atoms with Gasteiger partial charge in [0.25, 0.3) is 0 Å². The van der Waals surface area contributed by atoms with Crippen molar-refractivity contribution in [1.29, 1.82) is 0 Å². The van der Waals surface area contributed by atoms with Gasteiger partial charge in [0.2, 0.25) is 0 Å². The van der Waals surface area contributed by atoms with E-state index in [4.69, 9.17) is 9.47 Å². The van der Waals surface area contributed by atoms with Crippen LogP contribution in [0.2, 0.25) is 0 Å². The number of hydrogen-bond donors (Lipinski definition) is 0. The Labute approximate surface area is 193 Å². The number of ether oxygens (including phenoxy) is 2. The third kappa shape index (κ3) is 4.30. The van der Waals surface area contributed by atoms with E-state index in [0.717, 1.165) is 29.0 Å². The molecular formula is C22H20FN3O5S2. The molecular weight excluding hydrogens is 469 g/mol. The van der Waals surface area contributed by atoms with Gasteiger partial charge in [-0.2, -0.15) is 4.39 Å². The fourth-order valence-electron chi connectivity index (χ4n) is 4.05. The van der Waals surface area contributed by atoms with Crippen molar-refractivity contribution in [2.24, 2.45) is 0 Å². The lowest BCUT2D eigenvalue weighted by atomic mass is 10.1. The van der Waals surface area contributed by atoms with Crippen molar-refractivity contribution in [1.82, 2.24) is 9.97 Å². The Morgan fingerprint density at radius 2 is 2.06 bits per heavy atom. The summed E-state index contributed by atoms with van der Waals surface area (Å²) in [5.74, 6) is 0.544. The van der Waals surface area contributed by atoms with Crippen molar-refractivity contribution in [3.05, 3.63) is 52.3 Å². The largest absolute Gasteiger partial charge is 0.482 e. The normalized spacial score (nSPS) is 15.9. The van der Waals surface area contributed by atoms with E-state index >= 15 is 0 Å². The van der Waals surface area contributed by atoms with E-state index in [1.807, 2.05) is 17.0 Å². The van der Waals surface area contributed by atoms with Crippen LogP contribution in [0.15, 0.2) is 30.3 Å². The van der Waals surface area contributed by atoms with Crippen LogP contribution in [0.3, 0.4) is 0 Å². The highest BCUT2D eigenvalue weighted by Crippen LogP contribution is 2.41. The van der Waals surface area contributed by atoms with E-state index in [2.05, 4.69) is 9.97 Å². The molecule has 0 radical (unpaired) electrons. The number of thiophene rings is 1. The SMILES string of the molecule is CCOC(=O)COc1ccc2c(c1)N(c1nc(-c3ccc(F)s3)nc3c1CS(=O)(=O)C3)CC2. The Bertz CT molecular complexity index is 1360. The zero-order chi connectivity index (χ0) is 23.2. The van der Waals surface area contributed by atoms with Gasteiger partial charge in [-0.05, 0) is 37.1 Å². The number of benzene rings is 1. The molecule has 8 nitrogen and oxygen atoms in total. The van der Waals surface area contributed by atoms with Gasteiger partial charge in [-0.25, -0.2) is 23.2 Å². The molecule has 33 heavy (non-hydrogen) atoms. The Balaban J connectivity index is 1.54. The second kappa shape index (κ2) is 8.38. The van der Waals surface area contributed by atoms with Gasteiger partial charge in [0.05, 0.1) is 28.7 Å². The molecule has 0 fully saturated rings. The molecule has 2 aliphatic rings. The van der Waals surface area contributed by atoms with Crippen LogP contribution in [-0.2, 0) is 37.3 Å². The van der Waals surface area contributed by atoms with Crippen molar-refractivity contribution < 1.29 is 27.1 Å². The topological polar surface area (TPSA) is 98.7 Å². The molecule has 0 saturated carbocycles. The minimum atomic E-state index is -3.34. The minimum Gasteiger partial charge on any atom is -0.482 e. The van der Waals surface area contributed by atoms with Crippen molar-refractivity contribution in [3.63, 3.8) is 0 Å². The number of carbonyl (C=O) groups is 1. The summed E-state index contributed by atoms with van der Waals surface area (Å²) in [6.45, 7) is 2.39. The molecule has 172 valence electrons. The molecule has 1 aromatic carbocycles. The monoisotopic (exact) mass is 489 g/mol. The first-order valence-corrected chi connectivity index (χ1v) is 13.0. The molecule has 0 aliphatic carbocycles. The number of hydrogen-bond acceptors (Lipinski definition) is 9. The van der Waals surface area contributed by atoms with E-state index in [1.54, 1.807) is 19.1 Å². The van der Waals surface area contributed by atoms with E-state index in [-0.39, 0.29) is 29.9 Å². The molecule has 3 aromatic rings. The fraction of sp³-hybridized carbons (Fsp3) is 0.318. The Morgan fingerprint density at radius 3 is 2.82 bits per heavy atom. The molecule has 0 atom stereocenters. The highest BCUT2D eigenvalue weighted by Gasteiger charge is 2.34. The quantitative estimate of drug-likeness (QED) is 0.486. The highest BCUT2D eigenvalue weighted by atomic mass is 32.2. The van der Waals surface area contributed by atoms with Gasteiger partial charge >= 0.3 is 5.97 Å². The number of fused-ring (bicyclic) bond motifs is 2. The first kappa shape index (κ1) is 21.8. The lowest BCUT2D eigenvalue weighted by Gasteiger charge is -2.22. The fourth-order valence-corrected chi connectivity index (χ4v) is 6.20. The molecule has 0 N–H and O–H groups in total. The average molecular weight is 490 g/mol. The van der Waals surface area contributed by atoms with Crippen LogP contribution in [0, 0.1) is 5.13 Å². The highest BCUT2D eigenvalue weighted by molar-refractivity contribution is 7.90. The number of aromatic nitrogens is 2. The summed E-state index contributed by atoms with van der Waals surface area (Å²) >= 11 is 0.915. The maximum atomic E-state index is 13.6. The van der Waals surface area contributed by atoms with Gasteiger partial charge in [0.1, 0.15) is 11.6 Å². The van der Waals surface area contributed by atoms with Crippen molar-refractivity contribution in [2.45, 2.75) is 24.9 Å². The van der Waals surface area contributed by atoms with Gasteiger partial charge in [-0.1, -0.05) is 6.07 Å². The van der Waals surface area contributed by atoms with Crippen LogP contribution >= 0.6 is 11.3 Å². The average Bonchev–Trinajstić information content (AvgIpc) is 3.46. The zero-order valence-electron chi connectivity index (χ0n) is 17.7. The third-order valence-electron chi connectivity index (χ3n) is 5.46.